The molecule has 8 aromatic rings. The van der Waals surface area contributed by atoms with Crippen molar-refractivity contribution in [1.29, 1.82) is 0 Å². The predicted octanol–water partition coefficient (Wildman–Crippen LogP) is 10.3. The van der Waals surface area contributed by atoms with Crippen molar-refractivity contribution in [2.75, 3.05) is 0 Å². The average Bonchev–Trinajstić information content (AvgIpc) is 3.78. The number of hydrogen-bond acceptors (Lipinski definition) is 4. The van der Waals surface area contributed by atoms with E-state index < -0.39 is 23.2 Å². The second-order valence-corrected chi connectivity index (χ2v) is 18.5. The highest BCUT2D eigenvalue weighted by Gasteiger charge is 2.40. The van der Waals surface area contributed by atoms with E-state index in [1.165, 1.54) is 0 Å². The molecule has 0 bridgehead atoms. The van der Waals surface area contributed by atoms with E-state index in [9.17, 15) is 19.2 Å². The molecule has 0 radical (unpaired) electrons. The van der Waals surface area contributed by atoms with Crippen LogP contribution < -0.4 is 21.8 Å². The number of amides is 2. The fraction of sp³-hybridized carbons (Fsp3) is 0.185. The number of benzene rings is 6. The van der Waals surface area contributed by atoms with Gasteiger partial charge in [-0.3, -0.25) is 28.3 Å². The summed E-state index contributed by atoms with van der Waals surface area (Å²) in [4.78, 5) is 58.1. The van der Waals surface area contributed by atoms with E-state index in [1.807, 2.05) is 175 Å². The number of carbonyl (C=O) groups is 2. The first-order valence-corrected chi connectivity index (χ1v) is 21.1. The van der Waals surface area contributed by atoms with Gasteiger partial charge in [-0.2, -0.15) is 0 Å². The highest BCUT2D eigenvalue weighted by Crippen LogP contribution is 2.49. The molecule has 0 spiro atoms. The van der Waals surface area contributed by atoms with Crippen LogP contribution in [0.4, 0.5) is 0 Å². The van der Waals surface area contributed by atoms with Gasteiger partial charge < -0.3 is 10.6 Å². The zero-order valence-electron chi connectivity index (χ0n) is 35.5. The molecule has 2 aromatic heterocycles. The zero-order chi connectivity index (χ0) is 43.2. The normalized spacial score (nSPS) is 15.2. The SMILES string of the molecule is CC(C)(C)NC(=O)C1c2ccccc2-c2c(-c3ccccc3)c3cc(-c4ccc5c(=O)n6c(c(-c7ccccc7)c5c4)-c4ccccc4C6C(=O)NC(C)(C)C)ccc3c(=O)n21. The first-order chi connectivity index (χ1) is 29.7. The van der Waals surface area contributed by atoms with Crippen molar-refractivity contribution in [2.24, 2.45) is 0 Å². The fourth-order valence-electron chi connectivity index (χ4n) is 9.58. The van der Waals surface area contributed by atoms with E-state index in [2.05, 4.69) is 22.8 Å². The molecule has 2 aliphatic heterocycles. The highest BCUT2D eigenvalue weighted by atomic mass is 16.2. The Kier molecular flexibility index (Phi) is 8.85. The van der Waals surface area contributed by atoms with Gasteiger partial charge in [0.2, 0.25) is 11.8 Å². The molecule has 2 atom stereocenters. The molecule has 0 saturated heterocycles. The van der Waals surface area contributed by atoms with Crippen LogP contribution in [0.5, 0.6) is 0 Å². The minimum Gasteiger partial charge on any atom is -0.349 e. The van der Waals surface area contributed by atoms with Crippen LogP contribution in [0.15, 0.2) is 155 Å². The van der Waals surface area contributed by atoms with Crippen molar-refractivity contribution >= 4 is 33.4 Å². The van der Waals surface area contributed by atoms with Crippen molar-refractivity contribution in [2.45, 2.75) is 64.7 Å². The summed E-state index contributed by atoms with van der Waals surface area (Å²) in [5.41, 5.74) is 8.40. The lowest BCUT2D eigenvalue weighted by Gasteiger charge is -2.25. The third-order valence-corrected chi connectivity index (χ3v) is 11.9. The van der Waals surface area contributed by atoms with Gasteiger partial charge >= 0.3 is 0 Å². The van der Waals surface area contributed by atoms with Crippen LogP contribution in [0.25, 0.3) is 77.4 Å². The largest absolute Gasteiger partial charge is 0.349 e. The van der Waals surface area contributed by atoms with Gasteiger partial charge in [-0.25, -0.2) is 0 Å². The van der Waals surface area contributed by atoms with E-state index in [1.54, 1.807) is 9.13 Å². The molecule has 62 heavy (non-hydrogen) atoms. The first-order valence-electron chi connectivity index (χ1n) is 21.1. The molecule has 10 rings (SSSR count). The fourth-order valence-corrected chi connectivity index (χ4v) is 9.58. The summed E-state index contributed by atoms with van der Waals surface area (Å²) >= 11 is 0. The molecule has 4 heterocycles. The summed E-state index contributed by atoms with van der Waals surface area (Å²) in [5.74, 6) is -0.477. The van der Waals surface area contributed by atoms with Crippen molar-refractivity contribution < 1.29 is 9.59 Å². The summed E-state index contributed by atoms with van der Waals surface area (Å²) in [6, 6.07) is 45.7. The Morgan fingerprint density at radius 3 is 1.16 bits per heavy atom. The number of nitrogens with one attached hydrogen (secondary N) is 2. The predicted molar refractivity (Wildman–Crippen MR) is 249 cm³/mol. The molecule has 6 aromatic carbocycles. The summed E-state index contributed by atoms with van der Waals surface area (Å²) in [5, 5.41) is 8.79. The Bertz CT molecular complexity index is 3070. The third kappa shape index (κ3) is 6.20. The topological polar surface area (TPSA) is 102 Å². The lowest BCUT2D eigenvalue weighted by molar-refractivity contribution is -0.125. The van der Waals surface area contributed by atoms with Gasteiger partial charge in [0.25, 0.3) is 11.1 Å². The summed E-state index contributed by atoms with van der Waals surface area (Å²) in [6.45, 7) is 11.6. The molecule has 2 aliphatic rings. The molecule has 0 fully saturated rings. The van der Waals surface area contributed by atoms with E-state index in [4.69, 9.17) is 0 Å². The van der Waals surface area contributed by atoms with Crippen molar-refractivity contribution in [3.63, 3.8) is 0 Å². The molecular weight excluding hydrogens is 769 g/mol. The van der Waals surface area contributed by atoms with Crippen LogP contribution in [-0.4, -0.2) is 32.0 Å². The molecule has 306 valence electrons. The molecule has 0 aliphatic carbocycles. The summed E-state index contributed by atoms with van der Waals surface area (Å²) in [6.07, 6.45) is 0. The van der Waals surface area contributed by atoms with Crippen LogP contribution in [0.1, 0.15) is 64.8 Å². The first kappa shape index (κ1) is 38.9. The van der Waals surface area contributed by atoms with E-state index >= 15 is 0 Å². The quantitative estimate of drug-likeness (QED) is 0.181. The minimum atomic E-state index is -0.846. The molecule has 8 heteroatoms. The molecular formula is C54H46N4O4. The Labute approximate surface area is 359 Å². The number of carbonyl (C=O) groups excluding carboxylic acids is 2. The Hall–Kier alpha value is -7.32. The maximum absolute atomic E-state index is 14.9. The standard InChI is InChI=1S/C54H46N4O4/c1-53(2,3)55-49(59)47-37-23-15-13-21-35(37)45-43(31-17-9-7-10-18-31)41-29-33(25-27-39(41)51(61)57(45)47)34-26-28-40-42(30-34)44(32-19-11-8-12-20-32)46-36-22-14-16-24-38(36)48(58(46)52(40)62)50(60)56-54(4,5)6/h7-30,47-48H,1-6H3,(H,55,59)(H,56,60). The smallest absolute Gasteiger partial charge is 0.259 e. The van der Waals surface area contributed by atoms with Gasteiger partial charge in [-0.15, -0.1) is 0 Å². The number of fused-ring (bicyclic) bond motifs is 8. The molecule has 2 unspecified atom stereocenters. The summed E-state index contributed by atoms with van der Waals surface area (Å²) in [7, 11) is 0. The highest BCUT2D eigenvalue weighted by molar-refractivity contribution is 6.09. The lowest BCUT2D eigenvalue weighted by atomic mass is 9.90. The summed E-state index contributed by atoms with van der Waals surface area (Å²) < 4.78 is 3.36. The van der Waals surface area contributed by atoms with Crippen molar-refractivity contribution in [1.82, 2.24) is 19.8 Å². The number of rotatable bonds is 5. The Morgan fingerprint density at radius 2 is 0.790 bits per heavy atom. The van der Waals surface area contributed by atoms with Gasteiger partial charge in [0.1, 0.15) is 12.1 Å². The molecule has 8 nitrogen and oxygen atoms in total. The second kappa shape index (κ2) is 14.1. The second-order valence-electron chi connectivity index (χ2n) is 18.5. The van der Waals surface area contributed by atoms with Crippen LogP contribution in [-0.2, 0) is 9.59 Å². The van der Waals surface area contributed by atoms with Crippen LogP contribution in [0.3, 0.4) is 0 Å². The number of hydrogen-bond donors (Lipinski definition) is 2. The third-order valence-electron chi connectivity index (χ3n) is 11.9. The molecule has 0 saturated carbocycles. The molecule has 2 N–H and O–H groups in total. The number of nitrogens with zero attached hydrogens (tertiary/aromatic N) is 2. The monoisotopic (exact) mass is 814 g/mol. The maximum Gasteiger partial charge on any atom is 0.259 e. The van der Waals surface area contributed by atoms with E-state index in [0.717, 1.165) is 66.4 Å². The van der Waals surface area contributed by atoms with Gasteiger partial charge in [0, 0.05) is 44.1 Å². The van der Waals surface area contributed by atoms with E-state index in [-0.39, 0.29) is 22.9 Å². The van der Waals surface area contributed by atoms with Gasteiger partial charge in [-0.05, 0) is 110 Å². The van der Waals surface area contributed by atoms with Gasteiger partial charge in [0.05, 0.1) is 11.4 Å². The number of pyridine rings is 2. The lowest BCUT2D eigenvalue weighted by Crippen LogP contribution is -2.45. The van der Waals surface area contributed by atoms with E-state index in [0.29, 0.717) is 22.2 Å². The zero-order valence-corrected chi connectivity index (χ0v) is 35.5. The minimum absolute atomic E-state index is 0.239. The van der Waals surface area contributed by atoms with Crippen LogP contribution >= 0.6 is 0 Å². The van der Waals surface area contributed by atoms with Crippen LogP contribution in [0, 0.1) is 0 Å². The van der Waals surface area contributed by atoms with Crippen molar-refractivity contribution in [3.05, 3.63) is 177 Å². The van der Waals surface area contributed by atoms with Gasteiger partial charge in [0.15, 0.2) is 0 Å². The van der Waals surface area contributed by atoms with Crippen molar-refractivity contribution in [3.8, 4) is 55.9 Å². The van der Waals surface area contributed by atoms with Crippen LogP contribution in [0.2, 0.25) is 0 Å². The maximum atomic E-state index is 14.9. The Morgan fingerprint density at radius 1 is 0.435 bits per heavy atom. The number of aromatic nitrogens is 2. The molecule has 2 amide bonds. The Balaban J connectivity index is 1.24. The average molecular weight is 815 g/mol. The van der Waals surface area contributed by atoms with Gasteiger partial charge in [-0.1, -0.05) is 121 Å².